The minimum Gasteiger partial charge on any atom is -0.497 e. The molecule has 0 spiro atoms. The molecule has 2 N–H and O–H groups in total. The monoisotopic (exact) mass is 423 g/mol. The van der Waals surface area contributed by atoms with Gasteiger partial charge in [0.25, 0.3) is 0 Å². The fourth-order valence-corrected chi connectivity index (χ4v) is 4.69. The Kier molecular flexibility index (Phi) is 5.90. The lowest BCUT2D eigenvalue weighted by Crippen LogP contribution is -2.41. The third kappa shape index (κ3) is 4.11. The molecule has 7 heteroatoms. The first kappa shape index (κ1) is 20.2. The number of carbonyl (C=O) groups is 1. The maximum absolute atomic E-state index is 13.3. The van der Waals surface area contributed by atoms with Gasteiger partial charge in [0.1, 0.15) is 16.7 Å². The Morgan fingerprint density at radius 2 is 1.77 bits per heavy atom. The molecule has 0 bridgehead atoms. The highest BCUT2D eigenvalue weighted by Crippen LogP contribution is 2.39. The summed E-state index contributed by atoms with van der Waals surface area (Å²) in [5, 5.41) is 3.73. The Morgan fingerprint density at radius 3 is 2.43 bits per heavy atom. The number of ether oxygens (including phenoxy) is 2. The van der Waals surface area contributed by atoms with E-state index in [2.05, 4.69) is 10.7 Å². The number of aromatic nitrogens is 1. The molecule has 0 aliphatic carbocycles. The minimum absolute atomic E-state index is 0.0532. The zero-order valence-electron chi connectivity index (χ0n) is 17.2. The number of carbonyl (C=O) groups excluding carboxylic acids is 1. The van der Waals surface area contributed by atoms with Crippen LogP contribution in [0.2, 0.25) is 0 Å². The van der Waals surface area contributed by atoms with Crippen molar-refractivity contribution in [3.8, 4) is 11.5 Å². The van der Waals surface area contributed by atoms with Crippen LogP contribution in [0, 0.1) is 6.92 Å². The van der Waals surface area contributed by atoms with Gasteiger partial charge in [0.15, 0.2) is 0 Å². The van der Waals surface area contributed by atoms with Crippen molar-refractivity contribution in [1.82, 2.24) is 4.68 Å². The maximum Gasteiger partial charge on any atom is 0.240 e. The number of anilines is 1. The molecule has 0 fully saturated rings. The van der Waals surface area contributed by atoms with Crippen LogP contribution in [-0.4, -0.2) is 29.5 Å². The summed E-state index contributed by atoms with van der Waals surface area (Å²) in [6, 6.07) is 19.2. The van der Waals surface area contributed by atoms with Gasteiger partial charge in [-0.15, -0.1) is 0 Å². The molecule has 2 heterocycles. The molecule has 0 radical (unpaired) electrons. The van der Waals surface area contributed by atoms with Gasteiger partial charge >= 0.3 is 0 Å². The first-order chi connectivity index (χ1) is 14.6. The van der Waals surface area contributed by atoms with Crippen molar-refractivity contribution < 1.29 is 14.3 Å². The number of nitrogens with zero attached hydrogens (tertiary/aromatic N) is 1. The van der Waals surface area contributed by atoms with E-state index in [0.717, 1.165) is 33.5 Å². The first-order valence-electron chi connectivity index (χ1n) is 9.88. The Labute approximate surface area is 180 Å². The molecule has 0 unspecified atom stereocenters. The van der Waals surface area contributed by atoms with E-state index in [9.17, 15) is 4.79 Å². The van der Waals surface area contributed by atoms with E-state index in [1.807, 2.05) is 79.2 Å². The van der Waals surface area contributed by atoms with Crippen molar-refractivity contribution in [2.75, 3.05) is 24.5 Å². The first-order valence-corrected chi connectivity index (χ1v) is 10.8. The van der Waals surface area contributed by atoms with Crippen LogP contribution in [0.4, 0.5) is 5.69 Å². The Balaban J connectivity index is 1.59. The molecular weight excluding hydrogens is 398 g/mol. The van der Waals surface area contributed by atoms with E-state index >= 15 is 0 Å². The quantitative estimate of drug-likeness (QED) is 0.607. The molecule has 6 nitrogen and oxygen atoms in total. The fraction of sp³-hybridized carbons (Fsp3) is 0.261. The summed E-state index contributed by atoms with van der Waals surface area (Å²) in [5.41, 5.74) is 6.38. The molecule has 4 rings (SSSR count). The number of rotatable bonds is 6. The van der Waals surface area contributed by atoms with E-state index in [0.29, 0.717) is 6.61 Å². The molecule has 0 saturated heterocycles. The number of thioether (sulfide) groups is 1. The summed E-state index contributed by atoms with van der Waals surface area (Å²) in [6.07, 6.45) is 0. The molecule has 1 aliphatic heterocycles. The highest BCUT2D eigenvalue weighted by atomic mass is 32.2. The number of nitrogens with one attached hydrogen (secondary N) is 2. The summed E-state index contributed by atoms with van der Waals surface area (Å²) in [6.45, 7) is 4.60. The van der Waals surface area contributed by atoms with Gasteiger partial charge in [-0.1, -0.05) is 23.9 Å². The molecule has 1 aliphatic rings. The average Bonchev–Trinajstić information content (AvgIpc) is 3.14. The maximum atomic E-state index is 13.3. The molecule has 1 amide bonds. The highest BCUT2D eigenvalue weighted by molar-refractivity contribution is 8.00. The summed E-state index contributed by atoms with van der Waals surface area (Å²) in [5.74, 6) is 1.52. The second-order valence-electron chi connectivity index (χ2n) is 7.01. The zero-order chi connectivity index (χ0) is 21.1. The van der Waals surface area contributed by atoms with Crippen LogP contribution in [0.25, 0.3) is 0 Å². The number of hydrogen-bond acceptors (Lipinski definition) is 5. The molecule has 30 heavy (non-hydrogen) atoms. The van der Waals surface area contributed by atoms with Crippen molar-refractivity contribution in [2.24, 2.45) is 0 Å². The van der Waals surface area contributed by atoms with Crippen molar-refractivity contribution in [2.45, 2.75) is 30.2 Å². The smallest absolute Gasteiger partial charge is 0.240 e. The van der Waals surface area contributed by atoms with Crippen LogP contribution in [0.3, 0.4) is 0 Å². The van der Waals surface area contributed by atoms with Gasteiger partial charge in [-0.2, -0.15) is 0 Å². The lowest BCUT2D eigenvalue weighted by atomic mass is 10.0. The lowest BCUT2D eigenvalue weighted by Gasteiger charge is -2.34. The van der Waals surface area contributed by atoms with Gasteiger partial charge in [-0.3, -0.25) is 9.47 Å². The molecule has 3 aromatic rings. The standard InChI is InChI=1S/C23H25N3O3S/c1-4-29-19-12-8-17(9-13-19)24-23(27)22-21(16-6-10-18(28-3)11-7-16)25-26-15(2)5-14-20(26)30-22/h5-14,21-22,25H,4H2,1-3H3,(H,24,27)/t21-,22+/m0/s1. The van der Waals surface area contributed by atoms with Gasteiger partial charge < -0.3 is 20.2 Å². The Bertz CT molecular complexity index is 1020. The number of fused-ring (bicyclic) bond motifs is 1. The van der Waals surface area contributed by atoms with E-state index < -0.39 is 0 Å². The van der Waals surface area contributed by atoms with Gasteiger partial charge in [-0.05, 0) is 67.9 Å². The van der Waals surface area contributed by atoms with Crippen molar-refractivity contribution >= 4 is 23.4 Å². The van der Waals surface area contributed by atoms with Crippen LogP contribution < -0.4 is 20.2 Å². The summed E-state index contributed by atoms with van der Waals surface area (Å²) >= 11 is 1.56. The molecule has 2 atom stereocenters. The summed E-state index contributed by atoms with van der Waals surface area (Å²) in [7, 11) is 1.65. The average molecular weight is 424 g/mol. The van der Waals surface area contributed by atoms with E-state index in [1.165, 1.54) is 0 Å². The molecular formula is C23H25N3O3S. The van der Waals surface area contributed by atoms with Crippen LogP contribution >= 0.6 is 11.8 Å². The van der Waals surface area contributed by atoms with Crippen molar-refractivity contribution in [1.29, 1.82) is 0 Å². The predicted octanol–water partition coefficient (Wildman–Crippen LogP) is 4.60. The second kappa shape index (κ2) is 8.75. The third-order valence-corrected chi connectivity index (χ3v) is 6.33. The van der Waals surface area contributed by atoms with E-state index in [4.69, 9.17) is 9.47 Å². The van der Waals surface area contributed by atoms with Gasteiger partial charge in [0, 0.05) is 11.4 Å². The Morgan fingerprint density at radius 1 is 1.07 bits per heavy atom. The molecule has 0 saturated carbocycles. The van der Waals surface area contributed by atoms with Crippen LogP contribution in [-0.2, 0) is 4.79 Å². The Hall–Kier alpha value is -3.06. The zero-order valence-corrected chi connectivity index (χ0v) is 18.0. The van der Waals surface area contributed by atoms with E-state index in [-0.39, 0.29) is 17.2 Å². The lowest BCUT2D eigenvalue weighted by molar-refractivity contribution is -0.116. The molecule has 1 aromatic heterocycles. The largest absolute Gasteiger partial charge is 0.497 e. The number of methoxy groups -OCH3 is 1. The number of aryl methyl sites for hydroxylation is 1. The SMILES string of the molecule is CCOc1ccc(NC(=O)[C@@H]2Sc3ccc(C)n3N[C@H]2c2ccc(OC)cc2)cc1. The normalized spacial score (nSPS) is 17.6. The van der Waals surface area contributed by atoms with Gasteiger partial charge in [0.2, 0.25) is 5.91 Å². The third-order valence-electron chi connectivity index (χ3n) is 5.03. The van der Waals surface area contributed by atoms with Crippen molar-refractivity contribution in [3.05, 3.63) is 71.9 Å². The summed E-state index contributed by atoms with van der Waals surface area (Å²) in [4.78, 5) is 13.3. The van der Waals surface area contributed by atoms with Crippen LogP contribution in [0.15, 0.2) is 65.7 Å². The van der Waals surface area contributed by atoms with Crippen molar-refractivity contribution in [3.63, 3.8) is 0 Å². The van der Waals surface area contributed by atoms with Gasteiger partial charge in [-0.25, -0.2) is 0 Å². The van der Waals surface area contributed by atoms with Crippen LogP contribution in [0.1, 0.15) is 24.2 Å². The predicted molar refractivity (Wildman–Crippen MR) is 120 cm³/mol. The highest BCUT2D eigenvalue weighted by Gasteiger charge is 2.36. The molecule has 156 valence electrons. The summed E-state index contributed by atoms with van der Waals surface area (Å²) < 4.78 is 12.8. The second-order valence-corrected chi connectivity index (χ2v) is 8.18. The number of benzene rings is 2. The molecule has 2 aromatic carbocycles. The van der Waals surface area contributed by atoms with Crippen LogP contribution in [0.5, 0.6) is 11.5 Å². The van der Waals surface area contributed by atoms with Gasteiger partial charge in [0.05, 0.1) is 24.8 Å². The topological polar surface area (TPSA) is 64.5 Å². The van der Waals surface area contributed by atoms with E-state index in [1.54, 1.807) is 18.9 Å². The fourth-order valence-electron chi connectivity index (χ4n) is 3.46. The number of amides is 1. The number of hydrogen-bond donors (Lipinski definition) is 2. The minimum atomic E-state index is -0.341.